The van der Waals surface area contributed by atoms with Gasteiger partial charge < -0.3 is 9.84 Å². The Morgan fingerprint density at radius 3 is 1.56 bits per heavy atom. The van der Waals surface area contributed by atoms with Crippen molar-refractivity contribution < 1.29 is 27.4 Å². The molecule has 0 aromatic heterocycles. The summed E-state index contributed by atoms with van der Waals surface area (Å²) in [5, 5.41) is 8.71. The first-order valence-corrected chi connectivity index (χ1v) is 4.39. The molecule has 0 heterocycles. The molecule has 1 rings (SSSR count). The highest BCUT2D eigenvalue weighted by Gasteiger charge is 2.29. The molecule has 0 amide bonds. The van der Waals surface area contributed by atoms with E-state index in [2.05, 4.69) is 0 Å². The third-order valence-corrected chi connectivity index (χ3v) is 1.61. The second-order valence-corrected chi connectivity index (χ2v) is 4.15. The Balaban J connectivity index is 3.40. The Kier molecular flexibility index (Phi) is 3.03. The summed E-state index contributed by atoms with van der Waals surface area (Å²) in [6, 6.07) is 0. The quantitative estimate of drug-likeness (QED) is 0.601. The number of aromatic hydroxyl groups is 1. The first-order chi connectivity index (χ1) is 7.15. The van der Waals surface area contributed by atoms with Gasteiger partial charge in [0.25, 0.3) is 0 Å². The lowest BCUT2D eigenvalue weighted by Gasteiger charge is -2.22. The van der Waals surface area contributed by atoms with Crippen molar-refractivity contribution in [3.8, 4) is 11.5 Å². The number of hydrogen-bond acceptors (Lipinski definition) is 2. The molecular weight excluding hydrogens is 228 g/mol. The maximum absolute atomic E-state index is 13.2. The number of benzene rings is 1. The Morgan fingerprint density at radius 2 is 1.25 bits per heavy atom. The molecule has 0 saturated heterocycles. The van der Waals surface area contributed by atoms with Crippen LogP contribution in [0.2, 0.25) is 0 Å². The van der Waals surface area contributed by atoms with Gasteiger partial charge in [-0.1, -0.05) is 0 Å². The van der Waals surface area contributed by atoms with Crippen molar-refractivity contribution in [1.29, 1.82) is 0 Å². The van der Waals surface area contributed by atoms with E-state index in [0.29, 0.717) is 0 Å². The van der Waals surface area contributed by atoms with Crippen LogP contribution in [-0.2, 0) is 0 Å². The summed E-state index contributed by atoms with van der Waals surface area (Å²) in [4.78, 5) is 0. The zero-order chi connectivity index (χ0) is 12.7. The molecule has 16 heavy (non-hydrogen) atoms. The summed E-state index contributed by atoms with van der Waals surface area (Å²) in [5.41, 5.74) is -1.03. The monoisotopic (exact) mass is 238 g/mol. The van der Waals surface area contributed by atoms with Gasteiger partial charge in [-0.3, -0.25) is 0 Å². The molecule has 1 aromatic rings. The average molecular weight is 238 g/mol. The largest absolute Gasteiger partial charge is 0.503 e. The normalized spacial score (nSPS) is 11.7. The summed E-state index contributed by atoms with van der Waals surface area (Å²) < 4.78 is 56.9. The van der Waals surface area contributed by atoms with Crippen LogP contribution in [-0.4, -0.2) is 10.7 Å². The topological polar surface area (TPSA) is 29.5 Å². The Hall–Kier alpha value is -1.46. The summed E-state index contributed by atoms with van der Waals surface area (Å²) in [7, 11) is 0. The van der Waals surface area contributed by atoms with Gasteiger partial charge in [-0.25, -0.2) is 0 Å². The highest BCUT2D eigenvalue weighted by molar-refractivity contribution is 5.37. The van der Waals surface area contributed by atoms with Crippen LogP contribution in [0, 0.1) is 23.3 Å². The van der Waals surface area contributed by atoms with E-state index >= 15 is 0 Å². The molecule has 1 aromatic carbocycles. The van der Waals surface area contributed by atoms with E-state index in [0.717, 1.165) is 0 Å². The van der Waals surface area contributed by atoms with Gasteiger partial charge in [0.2, 0.25) is 23.3 Å². The van der Waals surface area contributed by atoms with E-state index in [9.17, 15) is 17.6 Å². The van der Waals surface area contributed by atoms with Crippen molar-refractivity contribution in [3.05, 3.63) is 23.3 Å². The molecule has 0 fully saturated rings. The van der Waals surface area contributed by atoms with Crippen molar-refractivity contribution in [2.24, 2.45) is 0 Å². The maximum Gasteiger partial charge on any atom is 0.207 e. The number of rotatable bonds is 1. The smallest absolute Gasteiger partial charge is 0.207 e. The fourth-order valence-electron chi connectivity index (χ4n) is 0.996. The summed E-state index contributed by atoms with van der Waals surface area (Å²) >= 11 is 0. The Bertz CT molecular complexity index is 395. The maximum atomic E-state index is 13.2. The number of phenols is 1. The highest BCUT2D eigenvalue weighted by atomic mass is 19.2. The standard InChI is InChI=1S/C10H10F4O2/c1-10(2,3)16-9-6(13)4(11)8(15)5(12)7(9)14/h15H,1-3H3. The Labute approximate surface area is 89.5 Å². The van der Waals surface area contributed by atoms with Crippen molar-refractivity contribution in [2.75, 3.05) is 0 Å². The van der Waals surface area contributed by atoms with Crippen molar-refractivity contribution in [1.82, 2.24) is 0 Å². The van der Waals surface area contributed by atoms with E-state index in [-0.39, 0.29) is 0 Å². The van der Waals surface area contributed by atoms with Crippen molar-refractivity contribution in [2.45, 2.75) is 26.4 Å². The van der Waals surface area contributed by atoms with Gasteiger partial charge in [0, 0.05) is 0 Å². The summed E-state index contributed by atoms with van der Waals surface area (Å²) in [5.74, 6) is -10.1. The van der Waals surface area contributed by atoms with Gasteiger partial charge in [0.1, 0.15) is 5.60 Å². The highest BCUT2D eigenvalue weighted by Crippen LogP contribution is 2.35. The molecule has 0 aliphatic carbocycles. The predicted octanol–water partition coefficient (Wildman–Crippen LogP) is 3.13. The van der Waals surface area contributed by atoms with E-state index in [1.54, 1.807) is 0 Å². The van der Waals surface area contributed by atoms with Crippen LogP contribution in [0.3, 0.4) is 0 Å². The first kappa shape index (κ1) is 12.6. The van der Waals surface area contributed by atoms with Crippen LogP contribution < -0.4 is 4.74 Å². The molecule has 0 atom stereocenters. The lowest BCUT2D eigenvalue weighted by atomic mass is 10.2. The zero-order valence-corrected chi connectivity index (χ0v) is 8.87. The fourth-order valence-corrected chi connectivity index (χ4v) is 0.996. The van der Waals surface area contributed by atoms with Gasteiger partial charge in [0.15, 0.2) is 11.5 Å². The van der Waals surface area contributed by atoms with Gasteiger partial charge in [0.05, 0.1) is 0 Å². The molecule has 0 aliphatic heterocycles. The van der Waals surface area contributed by atoms with Crippen LogP contribution in [0.25, 0.3) is 0 Å². The third-order valence-electron chi connectivity index (χ3n) is 1.61. The van der Waals surface area contributed by atoms with Gasteiger partial charge in [-0.15, -0.1) is 0 Å². The third kappa shape index (κ3) is 2.20. The molecule has 0 aliphatic rings. The molecule has 1 N–H and O–H groups in total. The molecule has 6 heteroatoms. The second kappa shape index (κ2) is 3.84. The lowest BCUT2D eigenvalue weighted by Crippen LogP contribution is -2.24. The van der Waals surface area contributed by atoms with E-state index in [1.165, 1.54) is 20.8 Å². The first-order valence-electron chi connectivity index (χ1n) is 4.39. The van der Waals surface area contributed by atoms with E-state index in [1.807, 2.05) is 0 Å². The molecule has 0 spiro atoms. The average Bonchev–Trinajstić information content (AvgIpc) is 2.17. The molecule has 0 bridgehead atoms. The minimum atomic E-state index is -1.88. The summed E-state index contributed by atoms with van der Waals surface area (Å²) in [6.07, 6.45) is 0. The number of phenolic OH excluding ortho intramolecular Hbond substituents is 1. The molecule has 2 nitrogen and oxygen atoms in total. The molecular formula is C10H10F4O2. The van der Waals surface area contributed by atoms with Crippen LogP contribution >= 0.6 is 0 Å². The van der Waals surface area contributed by atoms with Gasteiger partial charge >= 0.3 is 0 Å². The predicted molar refractivity (Wildman–Crippen MR) is 48.3 cm³/mol. The van der Waals surface area contributed by atoms with Gasteiger partial charge in [-0.05, 0) is 20.8 Å². The summed E-state index contributed by atoms with van der Waals surface area (Å²) in [6.45, 7) is 4.36. The lowest BCUT2D eigenvalue weighted by molar-refractivity contribution is 0.113. The van der Waals surface area contributed by atoms with Crippen molar-refractivity contribution >= 4 is 0 Å². The van der Waals surface area contributed by atoms with Gasteiger partial charge in [-0.2, -0.15) is 17.6 Å². The number of hydrogen-bond donors (Lipinski definition) is 1. The van der Waals surface area contributed by atoms with Crippen LogP contribution in [0.4, 0.5) is 17.6 Å². The minimum absolute atomic E-state index is 1.03. The second-order valence-electron chi connectivity index (χ2n) is 4.15. The van der Waals surface area contributed by atoms with Crippen LogP contribution in [0.1, 0.15) is 20.8 Å². The molecule has 0 saturated carbocycles. The van der Waals surface area contributed by atoms with E-state index in [4.69, 9.17) is 9.84 Å². The molecule has 0 unspecified atom stereocenters. The zero-order valence-electron chi connectivity index (χ0n) is 8.87. The van der Waals surface area contributed by atoms with Crippen molar-refractivity contribution in [3.63, 3.8) is 0 Å². The molecule has 0 radical (unpaired) electrons. The molecule has 90 valence electrons. The number of halogens is 4. The minimum Gasteiger partial charge on any atom is -0.503 e. The fraction of sp³-hybridized carbons (Fsp3) is 0.400. The SMILES string of the molecule is CC(C)(C)Oc1c(F)c(F)c(O)c(F)c1F. The Morgan fingerprint density at radius 1 is 0.875 bits per heavy atom. The number of ether oxygens (including phenoxy) is 1. The van der Waals surface area contributed by atoms with Crippen LogP contribution in [0.15, 0.2) is 0 Å². The van der Waals surface area contributed by atoms with E-state index < -0.39 is 40.4 Å². The van der Waals surface area contributed by atoms with Crippen LogP contribution in [0.5, 0.6) is 11.5 Å².